The molecule has 1 aromatic rings. The fourth-order valence-corrected chi connectivity index (χ4v) is 1.19. The van der Waals surface area contributed by atoms with Crippen LogP contribution in [-0.2, 0) is 6.42 Å². The minimum atomic E-state index is 0.685. The number of anilines is 1. The zero-order chi connectivity index (χ0) is 11.0. The molecule has 3 N–H and O–H groups in total. The first kappa shape index (κ1) is 12.7. The van der Waals surface area contributed by atoms with Crippen LogP contribution in [0.5, 0.6) is 0 Å². The highest BCUT2D eigenvalue weighted by Crippen LogP contribution is 2.12. The molecule has 2 heteroatoms. The largest absolute Gasteiger partial charge is 0.398 e. The van der Waals surface area contributed by atoms with Gasteiger partial charge in [-0.25, -0.2) is 0 Å². The van der Waals surface area contributed by atoms with Crippen LogP contribution in [0.1, 0.15) is 38.3 Å². The summed E-state index contributed by atoms with van der Waals surface area (Å²) in [7, 11) is 0. The summed E-state index contributed by atoms with van der Waals surface area (Å²) in [4.78, 5) is 0. The smallest absolute Gasteiger partial charge is 0.0403 e. The Morgan fingerprint density at radius 1 is 1.36 bits per heavy atom. The van der Waals surface area contributed by atoms with Crippen molar-refractivity contribution in [2.24, 2.45) is 0 Å². The number of hydrogen-bond acceptors (Lipinski definition) is 2. The molecule has 0 amide bonds. The first-order valence-corrected chi connectivity index (χ1v) is 5.16. The number of benzene rings is 1. The summed E-state index contributed by atoms with van der Waals surface area (Å²) >= 11 is 0. The van der Waals surface area contributed by atoms with Gasteiger partial charge in [-0.3, -0.25) is 0 Å². The van der Waals surface area contributed by atoms with Gasteiger partial charge in [0.05, 0.1) is 0 Å². The molecular weight excluding hydrogens is 172 g/mol. The molecule has 0 aliphatic rings. The van der Waals surface area contributed by atoms with E-state index in [0.29, 0.717) is 5.69 Å². The molecule has 0 saturated heterocycles. The summed E-state index contributed by atoms with van der Waals surface area (Å²) in [5, 5.41) is 7.11. The summed E-state index contributed by atoms with van der Waals surface area (Å²) < 4.78 is 0. The first-order valence-electron chi connectivity index (χ1n) is 5.16. The summed E-state index contributed by atoms with van der Waals surface area (Å²) in [6, 6.07) is 5.86. The maximum absolute atomic E-state index is 7.11. The molecule has 0 unspecified atom stereocenters. The molecule has 0 atom stereocenters. The van der Waals surface area contributed by atoms with Gasteiger partial charge in [-0.05, 0) is 24.1 Å². The molecule has 14 heavy (non-hydrogen) atoms. The molecule has 0 fully saturated rings. The van der Waals surface area contributed by atoms with Crippen LogP contribution in [-0.4, -0.2) is 6.21 Å². The molecule has 0 saturated carbocycles. The van der Waals surface area contributed by atoms with E-state index in [0.717, 1.165) is 18.4 Å². The quantitative estimate of drug-likeness (QED) is 0.560. The number of rotatable bonds is 3. The van der Waals surface area contributed by atoms with Crippen molar-refractivity contribution in [2.45, 2.75) is 33.6 Å². The van der Waals surface area contributed by atoms with Crippen molar-refractivity contribution < 1.29 is 0 Å². The average Bonchev–Trinajstić information content (AvgIpc) is 2.24. The van der Waals surface area contributed by atoms with Crippen LogP contribution in [0.25, 0.3) is 0 Å². The fraction of sp³-hybridized carbons (Fsp3) is 0.417. The third kappa shape index (κ3) is 3.60. The van der Waals surface area contributed by atoms with Gasteiger partial charge in [0.25, 0.3) is 0 Å². The zero-order valence-electron chi connectivity index (χ0n) is 9.30. The Labute approximate surface area is 86.7 Å². The maximum Gasteiger partial charge on any atom is 0.0403 e. The third-order valence-corrected chi connectivity index (χ3v) is 1.85. The number of nitrogens with one attached hydrogen (secondary N) is 1. The second kappa shape index (κ2) is 7.13. The van der Waals surface area contributed by atoms with Crippen molar-refractivity contribution in [1.29, 1.82) is 5.41 Å². The van der Waals surface area contributed by atoms with E-state index in [1.807, 2.05) is 32.0 Å². The molecule has 0 radical (unpaired) electrons. The van der Waals surface area contributed by atoms with Gasteiger partial charge in [-0.1, -0.05) is 33.3 Å². The highest BCUT2D eigenvalue weighted by molar-refractivity contribution is 5.85. The molecule has 78 valence electrons. The zero-order valence-corrected chi connectivity index (χ0v) is 9.30. The third-order valence-electron chi connectivity index (χ3n) is 1.85. The van der Waals surface area contributed by atoms with Gasteiger partial charge >= 0.3 is 0 Å². The van der Waals surface area contributed by atoms with E-state index in [1.54, 1.807) is 0 Å². The summed E-state index contributed by atoms with van der Waals surface area (Å²) in [6.45, 7) is 6.14. The predicted octanol–water partition coefficient (Wildman–Crippen LogP) is 3.25. The second-order valence-corrected chi connectivity index (χ2v) is 2.86. The lowest BCUT2D eigenvalue weighted by Gasteiger charge is -2.02. The van der Waals surface area contributed by atoms with Gasteiger partial charge in [-0.15, -0.1) is 0 Å². The predicted molar refractivity (Wildman–Crippen MR) is 64.1 cm³/mol. The van der Waals surface area contributed by atoms with Crippen molar-refractivity contribution in [2.75, 3.05) is 5.73 Å². The lowest BCUT2D eigenvalue weighted by Crippen LogP contribution is -1.94. The Kier molecular flexibility index (Phi) is 6.46. The number of nitrogens with two attached hydrogens (primary N) is 1. The highest BCUT2D eigenvalue weighted by Gasteiger charge is 1.96. The van der Waals surface area contributed by atoms with Crippen molar-refractivity contribution >= 4 is 11.9 Å². The summed E-state index contributed by atoms with van der Waals surface area (Å²) in [5.74, 6) is 0. The highest BCUT2D eigenvalue weighted by atomic mass is 14.6. The molecule has 1 aromatic carbocycles. The van der Waals surface area contributed by atoms with Crippen molar-refractivity contribution in [3.63, 3.8) is 0 Å². The van der Waals surface area contributed by atoms with Crippen LogP contribution < -0.4 is 5.73 Å². The standard InChI is InChI=1S/C10H14N2.C2H6/c1-2-3-8-4-5-10(12)9(6-8)7-11;1-2/h4-7,11H,2-3,12H2,1H3;1-2H3. The molecular formula is C12H20N2. The topological polar surface area (TPSA) is 49.9 Å². The molecule has 2 nitrogen and oxygen atoms in total. The van der Waals surface area contributed by atoms with E-state index in [-0.39, 0.29) is 0 Å². The molecule has 0 heterocycles. The molecule has 0 bridgehead atoms. The monoisotopic (exact) mass is 192 g/mol. The molecule has 0 aromatic heterocycles. The van der Waals surface area contributed by atoms with Gasteiger partial charge in [-0.2, -0.15) is 0 Å². The summed E-state index contributed by atoms with van der Waals surface area (Å²) in [6.07, 6.45) is 3.48. The van der Waals surface area contributed by atoms with Crippen molar-refractivity contribution in [3.05, 3.63) is 29.3 Å². The van der Waals surface area contributed by atoms with Crippen LogP contribution in [0.3, 0.4) is 0 Å². The lowest BCUT2D eigenvalue weighted by molar-refractivity contribution is 0.922. The van der Waals surface area contributed by atoms with Crippen LogP contribution in [0.2, 0.25) is 0 Å². The number of nitrogen functional groups attached to an aromatic ring is 1. The Bertz CT molecular complexity index is 280. The van der Waals surface area contributed by atoms with Crippen LogP contribution in [0.15, 0.2) is 18.2 Å². The van der Waals surface area contributed by atoms with Crippen LogP contribution in [0, 0.1) is 5.41 Å². The Morgan fingerprint density at radius 2 is 2.00 bits per heavy atom. The SMILES string of the molecule is CC.CCCc1ccc(N)c(C=N)c1. The van der Waals surface area contributed by atoms with Gasteiger partial charge < -0.3 is 11.1 Å². The van der Waals surface area contributed by atoms with Crippen molar-refractivity contribution in [1.82, 2.24) is 0 Å². The van der Waals surface area contributed by atoms with E-state index in [1.165, 1.54) is 11.8 Å². The number of aryl methyl sites for hydroxylation is 1. The fourth-order valence-electron chi connectivity index (χ4n) is 1.19. The van der Waals surface area contributed by atoms with Crippen LogP contribution in [0.4, 0.5) is 5.69 Å². The van der Waals surface area contributed by atoms with Crippen LogP contribution >= 0.6 is 0 Å². The summed E-state index contributed by atoms with van der Waals surface area (Å²) in [5.41, 5.74) is 8.41. The Morgan fingerprint density at radius 3 is 2.50 bits per heavy atom. The van der Waals surface area contributed by atoms with Gasteiger partial charge in [0.1, 0.15) is 0 Å². The second-order valence-electron chi connectivity index (χ2n) is 2.86. The van der Waals surface area contributed by atoms with E-state index in [2.05, 4.69) is 6.92 Å². The van der Waals surface area contributed by atoms with Gasteiger partial charge in [0.2, 0.25) is 0 Å². The van der Waals surface area contributed by atoms with E-state index < -0.39 is 0 Å². The van der Waals surface area contributed by atoms with E-state index in [4.69, 9.17) is 11.1 Å². The molecule has 0 aliphatic heterocycles. The minimum absolute atomic E-state index is 0.685. The molecule has 0 aliphatic carbocycles. The van der Waals surface area contributed by atoms with E-state index in [9.17, 15) is 0 Å². The lowest BCUT2D eigenvalue weighted by atomic mass is 10.1. The Hall–Kier alpha value is -1.31. The molecule has 1 rings (SSSR count). The maximum atomic E-state index is 7.11. The normalized spacial score (nSPS) is 8.79. The number of hydrogen-bond donors (Lipinski definition) is 2. The van der Waals surface area contributed by atoms with E-state index >= 15 is 0 Å². The molecule has 0 spiro atoms. The van der Waals surface area contributed by atoms with Crippen molar-refractivity contribution in [3.8, 4) is 0 Å². The Balaban J connectivity index is 0.000000791. The van der Waals surface area contributed by atoms with Gasteiger partial charge in [0, 0.05) is 17.5 Å². The van der Waals surface area contributed by atoms with Gasteiger partial charge in [0.15, 0.2) is 0 Å². The first-order chi connectivity index (χ1) is 6.77. The average molecular weight is 192 g/mol. The minimum Gasteiger partial charge on any atom is -0.398 e.